The first-order chi connectivity index (χ1) is 11.0. The summed E-state index contributed by atoms with van der Waals surface area (Å²) in [5, 5.41) is 2.87. The summed E-state index contributed by atoms with van der Waals surface area (Å²) in [6, 6.07) is 2.17. The summed E-state index contributed by atoms with van der Waals surface area (Å²) in [6.07, 6.45) is -4.48. The Hall–Kier alpha value is -1.80. The number of benzene rings is 1. The number of halogens is 4. The molecule has 4 nitrogen and oxygen atoms in total. The van der Waals surface area contributed by atoms with E-state index in [2.05, 4.69) is 5.32 Å². The summed E-state index contributed by atoms with van der Waals surface area (Å²) in [6.45, 7) is 3.41. The summed E-state index contributed by atoms with van der Waals surface area (Å²) in [7, 11) is 0. The van der Waals surface area contributed by atoms with Crippen molar-refractivity contribution >= 4 is 44.8 Å². The lowest BCUT2D eigenvalue weighted by atomic mass is 10.0. The highest BCUT2D eigenvalue weighted by Gasteiger charge is 2.31. The maximum absolute atomic E-state index is 12.8. The van der Waals surface area contributed by atoms with Gasteiger partial charge < -0.3 is 11.1 Å². The first-order valence-corrected chi connectivity index (χ1v) is 8.11. The highest BCUT2D eigenvalue weighted by molar-refractivity contribution is 7.21. The Labute approximate surface area is 144 Å². The molecule has 9 heteroatoms. The molecular formula is C15H14ClF3N2O2S. The van der Waals surface area contributed by atoms with E-state index in [1.165, 1.54) is 6.07 Å². The molecule has 2 aromatic rings. The number of primary amides is 1. The SMILES string of the molecule is CC(C)C(NC(=O)c1sc2cc(C(F)(F)F)ccc2c1Cl)C(N)=O. The van der Waals surface area contributed by atoms with Gasteiger partial charge in [-0.1, -0.05) is 31.5 Å². The normalized spacial score (nSPS) is 13.3. The molecule has 0 radical (unpaired) electrons. The van der Waals surface area contributed by atoms with Gasteiger partial charge in [-0.3, -0.25) is 9.59 Å². The first kappa shape index (κ1) is 18.5. The Balaban J connectivity index is 2.40. The molecule has 1 aromatic carbocycles. The third-order valence-electron chi connectivity index (χ3n) is 3.42. The molecule has 1 unspecified atom stereocenters. The Morgan fingerprint density at radius 2 is 1.92 bits per heavy atom. The average Bonchev–Trinajstić information content (AvgIpc) is 2.79. The molecule has 0 aliphatic heterocycles. The Morgan fingerprint density at radius 1 is 1.29 bits per heavy atom. The fourth-order valence-corrected chi connectivity index (χ4v) is 3.62. The van der Waals surface area contributed by atoms with Gasteiger partial charge in [-0.15, -0.1) is 11.3 Å². The molecule has 1 aromatic heterocycles. The number of fused-ring (bicyclic) bond motifs is 1. The predicted molar refractivity (Wildman–Crippen MR) is 87.1 cm³/mol. The maximum Gasteiger partial charge on any atom is 0.416 e. The van der Waals surface area contributed by atoms with Crippen LogP contribution in [-0.2, 0) is 11.0 Å². The van der Waals surface area contributed by atoms with Crippen LogP contribution in [0.25, 0.3) is 10.1 Å². The molecule has 0 saturated carbocycles. The minimum atomic E-state index is -4.48. The van der Waals surface area contributed by atoms with Crippen molar-refractivity contribution in [3.8, 4) is 0 Å². The molecule has 1 heterocycles. The topological polar surface area (TPSA) is 72.2 Å². The van der Waals surface area contributed by atoms with E-state index in [9.17, 15) is 22.8 Å². The molecule has 2 rings (SSSR count). The predicted octanol–water partition coefficient (Wildman–Crippen LogP) is 3.81. The van der Waals surface area contributed by atoms with Crippen molar-refractivity contribution in [2.45, 2.75) is 26.1 Å². The van der Waals surface area contributed by atoms with Gasteiger partial charge in [0.25, 0.3) is 5.91 Å². The molecule has 2 amide bonds. The highest BCUT2D eigenvalue weighted by atomic mass is 35.5. The molecule has 24 heavy (non-hydrogen) atoms. The average molecular weight is 379 g/mol. The van der Waals surface area contributed by atoms with E-state index in [1.807, 2.05) is 0 Å². The quantitative estimate of drug-likeness (QED) is 0.849. The van der Waals surface area contributed by atoms with E-state index in [0.717, 1.165) is 23.5 Å². The van der Waals surface area contributed by atoms with Gasteiger partial charge in [-0.25, -0.2) is 0 Å². The molecule has 130 valence electrons. The number of nitrogens with two attached hydrogens (primary N) is 1. The van der Waals surface area contributed by atoms with Crippen molar-refractivity contribution in [2.75, 3.05) is 0 Å². The maximum atomic E-state index is 12.8. The Kier molecular flexibility index (Phi) is 5.10. The van der Waals surface area contributed by atoms with Crippen LogP contribution in [0.3, 0.4) is 0 Å². The van der Waals surface area contributed by atoms with Gasteiger partial charge in [-0.2, -0.15) is 13.2 Å². The van der Waals surface area contributed by atoms with E-state index in [1.54, 1.807) is 13.8 Å². The van der Waals surface area contributed by atoms with Crippen molar-refractivity contribution in [1.82, 2.24) is 5.32 Å². The van der Waals surface area contributed by atoms with Crippen molar-refractivity contribution in [3.63, 3.8) is 0 Å². The Morgan fingerprint density at radius 3 is 2.42 bits per heavy atom. The van der Waals surface area contributed by atoms with Crippen molar-refractivity contribution in [1.29, 1.82) is 0 Å². The molecule has 0 spiro atoms. The number of thiophene rings is 1. The van der Waals surface area contributed by atoms with E-state index in [4.69, 9.17) is 17.3 Å². The zero-order chi connectivity index (χ0) is 18.2. The summed E-state index contributed by atoms with van der Waals surface area (Å²) in [5.41, 5.74) is 4.41. The number of rotatable bonds is 4. The van der Waals surface area contributed by atoms with Gasteiger partial charge in [0.15, 0.2) is 0 Å². The van der Waals surface area contributed by atoms with Gasteiger partial charge in [0.05, 0.1) is 10.6 Å². The lowest BCUT2D eigenvalue weighted by Gasteiger charge is -2.18. The van der Waals surface area contributed by atoms with Crippen LogP contribution >= 0.6 is 22.9 Å². The molecule has 0 aliphatic rings. The van der Waals surface area contributed by atoms with E-state index >= 15 is 0 Å². The first-order valence-electron chi connectivity index (χ1n) is 6.91. The van der Waals surface area contributed by atoms with E-state index in [-0.39, 0.29) is 20.5 Å². The minimum Gasteiger partial charge on any atom is -0.368 e. The third-order valence-corrected chi connectivity index (χ3v) is 5.08. The van der Waals surface area contributed by atoms with E-state index < -0.39 is 29.6 Å². The van der Waals surface area contributed by atoms with Crippen LogP contribution in [0.4, 0.5) is 13.2 Å². The number of hydrogen-bond acceptors (Lipinski definition) is 3. The van der Waals surface area contributed by atoms with Gasteiger partial charge in [0.1, 0.15) is 10.9 Å². The molecule has 0 fully saturated rings. The molecule has 0 saturated heterocycles. The largest absolute Gasteiger partial charge is 0.416 e. The summed E-state index contributed by atoms with van der Waals surface area (Å²) in [4.78, 5) is 23.7. The van der Waals surface area contributed by atoms with Crippen molar-refractivity contribution in [3.05, 3.63) is 33.7 Å². The van der Waals surface area contributed by atoms with Crippen LogP contribution in [0, 0.1) is 5.92 Å². The van der Waals surface area contributed by atoms with Crippen LogP contribution in [0.1, 0.15) is 29.1 Å². The van der Waals surface area contributed by atoms with Crippen LogP contribution < -0.4 is 11.1 Å². The zero-order valence-electron chi connectivity index (χ0n) is 12.7. The fraction of sp³-hybridized carbons (Fsp3) is 0.333. The second kappa shape index (κ2) is 6.60. The summed E-state index contributed by atoms with van der Waals surface area (Å²) in [5.74, 6) is -1.58. The van der Waals surface area contributed by atoms with Gasteiger partial charge >= 0.3 is 6.18 Å². The summed E-state index contributed by atoms with van der Waals surface area (Å²) < 4.78 is 38.6. The van der Waals surface area contributed by atoms with Gasteiger partial charge in [0.2, 0.25) is 5.91 Å². The van der Waals surface area contributed by atoms with Gasteiger partial charge in [0, 0.05) is 10.1 Å². The van der Waals surface area contributed by atoms with Crippen molar-refractivity contribution in [2.24, 2.45) is 11.7 Å². The summed E-state index contributed by atoms with van der Waals surface area (Å²) >= 11 is 6.94. The molecular weight excluding hydrogens is 365 g/mol. The smallest absolute Gasteiger partial charge is 0.368 e. The third kappa shape index (κ3) is 3.64. The lowest BCUT2D eigenvalue weighted by Crippen LogP contribution is -2.47. The standard InChI is InChI=1S/C15H14ClF3N2O2S/c1-6(2)11(13(20)22)21-14(23)12-10(16)8-4-3-7(15(17,18)19)5-9(8)24-12/h3-6,11H,1-2H3,(H2,20,22)(H,21,23). The monoisotopic (exact) mass is 378 g/mol. The lowest BCUT2D eigenvalue weighted by molar-refractivity contribution is -0.137. The van der Waals surface area contributed by atoms with Crippen LogP contribution in [0.15, 0.2) is 18.2 Å². The minimum absolute atomic E-state index is 0.0397. The fourth-order valence-electron chi connectivity index (χ4n) is 2.16. The number of nitrogens with one attached hydrogen (secondary N) is 1. The second-order valence-electron chi connectivity index (χ2n) is 5.55. The number of alkyl halides is 3. The molecule has 0 bridgehead atoms. The van der Waals surface area contributed by atoms with Crippen molar-refractivity contribution < 1.29 is 22.8 Å². The number of hydrogen-bond donors (Lipinski definition) is 2. The number of amides is 2. The molecule has 1 atom stereocenters. The zero-order valence-corrected chi connectivity index (χ0v) is 14.3. The number of carbonyl (C=O) groups is 2. The second-order valence-corrected chi connectivity index (χ2v) is 6.98. The van der Waals surface area contributed by atoms with Gasteiger partial charge in [-0.05, 0) is 18.1 Å². The van der Waals surface area contributed by atoms with E-state index in [0.29, 0.717) is 5.39 Å². The molecule has 0 aliphatic carbocycles. The van der Waals surface area contributed by atoms with Crippen LogP contribution in [0.2, 0.25) is 5.02 Å². The van der Waals surface area contributed by atoms with Crippen LogP contribution in [0.5, 0.6) is 0 Å². The number of carbonyl (C=O) groups excluding carboxylic acids is 2. The van der Waals surface area contributed by atoms with Crippen LogP contribution in [-0.4, -0.2) is 17.9 Å². The highest BCUT2D eigenvalue weighted by Crippen LogP contribution is 2.39. The Bertz CT molecular complexity index is 802. The molecule has 3 N–H and O–H groups in total.